The van der Waals surface area contributed by atoms with Crippen LogP contribution < -0.4 is 9.47 Å². The predicted octanol–water partition coefficient (Wildman–Crippen LogP) is 6.00. The van der Waals surface area contributed by atoms with E-state index in [1.165, 1.54) is 12.7 Å². The second kappa shape index (κ2) is 14.6. The molecule has 0 amide bonds. The van der Waals surface area contributed by atoms with Crippen molar-refractivity contribution in [3.05, 3.63) is 84.1 Å². The maximum absolute atomic E-state index is 13.8. The van der Waals surface area contributed by atoms with Crippen molar-refractivity contribution in [3.8, 4) is 23.0 Å². The zero-order valence-electron chi connectivity index (χ0n) is 27.8. The fourth-order valence-electron chi connectivity index (χ4n) is 6.63. The van der Waals surface area contributed by atoms with Crippen LogP contribution in [0.5, 0.6) is 11.8 Å². The highest BCUT2D eigenvalue weighted by Gasteiger charge is 2.35. The molecule has 0 bridgehead atoms. The Morgan fingerprint density at radius 1 is 0.872 bits per heavy atom. The van der Waals surface area contributed by atoms with Crippen molar-refractivity contribution in [2.45, 2.75) is 70.6 Å². The molecule has 3 aromatic heterocycles. The van der Waals surface area contributed by atoms with E-state index in [4.69, 9.17) is 29.2 Å². The molecule has 10 nitrogen and oxygen atoms in total. The summed E-state index contributed by atoms with van der Waals surface area (Å²) < 4.78 is 16.4. The van der Waals surface area contributed by atoms with Gasteiger partial charge in [0.25, 0.3) is 0 Å². The minimum Gasteiger partial charge on any atom is -0.486 e. The average molecular weight is 637 g/mol. The van der Waals surface area contributed by atoms with Crippen molar-refractivity contribution < 1.29 is 19.0 Å². The molecule has 2 aliphatic rings. The van der Waals surface area contributed by atoms with Gasteiger partial charge in [-0.15, -0.1) is 0 Å². The number of para-hydroxylation sites is 1. The van der Waals surface area contributed by atoms with Gasteiger partial charge in [-0.2, -0.15) is 0 Å². The van der Waals surface area contributed by atoms with Gasteiger partial charge in [0.05, 0.1) is 43.8 Å². The number of carbonyl (C=O) groups is 1. The smallest absolute Gasteiger partial charge is 0.316 e. The van der Waals surface area contributed by atoms with Crippen molar-refractivity contribution >= 4 is 5.78 Å². The molecule has 1 unspecified atom stereocenters. The Hall–Kier alpha value is -4.31. The number of ketones is 1. The summed E-state index contributed by atoms with van der Waals surface area (Å²) in [7, 11) is 1.52. The third-order valence-corrected chi connectivity index (χ3v) is 9.32. The standard InChI is InChI=1S/C37H44N6O4/c1-37(2,3)29-18-40-34(43-30(29)14-25-21-46-22-25)15-24-10-12-26(13-11-24)35(33(44)23-47-28-8-6-5-7-9-28)32-20-38-31(19-39-32)27-16-41-36(45-4)42-17-27/h5-9,16-20,24-26,35H,10-15,21-23H2,1-4H3. The maximum atomic E-state index is 13.8. The molecule has 1 atom stereocenters. The minimum absolute atomic E-state index is 0.00812. The van der Waals surface area contributed by atoms with Gasteiger partial charge in [0, 0.05) is 48.4 Å². The lowest BCUT2D eigenvalue weighted by molar-refractivity contribution is -0.124. The van der Waals surface area contributed by atoms with Gasteiger partial charge in [0.15, 0.2) is 5.78 Å². The molecule has 1 aliphatic heterocycles. The van der Waals surface area contributed by atoms with Crippen LogP contribution in [0.25, 0.3) is 11.3 Å². The van der Waals surface area contributed by atoms with Crippen LogP contribution in [0.1, 0.15) is 75.1 Å². The molecule has 0 N–H and O–H groups in total. The lowest BCUT2D eigenvalue weighted by atomic mass is 9.72. The fraction of sp³-hybridized carbons (Fsp3) is 0.486. The topological polar surface area (TPSA) is 122 Å². The molecule has 1 saturated heterocycles. The second-order valence-corrected chi connectivity index (χ2v) is 13.8. The first kappa shape index (κ1) is 32.6. The van der Waals surface area contributed by atoms with Gasteiger partial charge in [-0.25, -0.2) is 19.9 Å². The zero-order valence-corrected chi connectivity index (χ0v) is 27.8. The van der Waals surface area contributed by atoms with Crippen molar-refractivity contribution in [2.75, 3.05) is 26.9 Å². The summed E-state index contributed by atoms with van der Waals surface area (Å²) in [6, 6.07) is 9.74. The van der Waals surface area contributed by atoms with Gasteiger partial charge in [0.1, 0.15) is 18.2 Å². The summed E-state index contributed by atoms with van der Waals surface area (Å²) in [5.74, 6) is 2.34. The largest absolute Gasteiger partial charge is 0.486 e. The van der Waals surface area contributed by atoms with Gasteiger partial charge in [-0.05, 0) is 67.1 Å². The Morgan fingerprint density at radius 2 is 1.62 bits per heavy atom. The monoisotopic (exact) mass is 636 g/mol. The van der Waals surface area contributed by atoms with E-state index in [1.54, 1.807) is 24.8 Å². The number of Topliss-reactive ketones (excluding diaryl/α,β-unsaturated/α-hetero) is 1. The maximum Gasteiger partial charge on any atom is 0.316 e. The van der Waals surface area contributed by atoms with E-state index >= 15 is 0 Å². The van der Waals surface area contributed by atoms with Gasteiger partial charge >= 0.3 is 6.01 Å². The summed E-state index contributed by atoms with van der Waals surface area (Å²) in [6.45, 7) is 8.27. The summed E-state index contributed by atoms with van der Waals surface area (Å²) in [5, 5.41) is 0. The van der Waals surface area contributed by atoms with Crippen LogP contribution in [0, 0.1) is 17.8 Å². The van der Waals surface area contributed by atoms with E-state index < -0.39 is 5.92 Å². The van der Waals surface area contributed by atoms with E-state index in [2.05, 4.69) is 35.7 Å². The third kappa shape index (κ3) is 8.16. The SMILES string of the molecule is COc1ncc(-c2cnc(C(C(=O)COc3ccccc3)C3CCC(Cc4ncc(C(C)(C)C)c(CC5COC5)n4)CC3)cn2)cn1. The number of aromatic nitrogens is 6. The van der Waals surface area contributed by atoms with Crippen molar-refractivity contribution in [1.82, 2.24) is 29.9 Å². The molecule has 1 aromatic carbocycles. The van der Waals surface area contributed by atoms with E-state index in [0.29, 0.717) is 29.0 Å². The molecule has 1 aliphatic carbocycles. The molecule has 0 radical (unpaired) electrons. The number of hydrogen-bond acceptors (Lipinski definition) is 10. The van der Waals surface area contributed by atoms with Crippen LogP contribution in [0.2, 0.25) is 0 Å². The van der Waals surface area contributed by atoms with Crippen LogP contribution in [0.15, 0.2) is 61.3 Å². The quantitative estimate of drug-likeness (QED) is 0.183. The molecule has 246 valence electrons. The Labute approximate surface area is 276 Å². The van der Waals surface area contributed by atoms with Gasteiger partial charge in [-0.1, -0.05) is 39.0 Å². The molecular weight excluding hydrogens is 592 g/mol. The lowest BCUT2D eigenvalue weighted by Crippen LogP contribution is -2.31. The first-order chi connectivity index (χ1) is 22.8. The molecule has 10 heteroatoms. The predicted molar refractivity (Wildman–Crippen MR) is 177 cm³/mol. The number of nitrogens with zero attached hydrogens (tertiary/aromatic N) is 6. The summed E-state index contributed by atoms with van der Waals surface area (Å²) >= 11 is 0. The fourth-order valence-corrected chi connectivity index (χ4v) is 6.63. The molecule has 6 rings (SSSR count). The molecule has 1 saturated carbocycles. The highest BCUT2D eigenvalue weighted by atomic mass is 16.5. The normalized spacial score (nSPS) is 19.1. The van der Waals surface area contributed by atoms with Gasteiger partial charge in [0.2, 0.25) is 0 Å². The lowest BCUT2D eigenvalue weighted by Gasteiger charge is -2.33. The minimum atomic E-state index is -0.410. The number of hydrogen-bond donors (Lipinski definition) is 0. The molecule has 4 heterocycles. The number of benzene rings is 1. The van der Waals surface area contributed by atoms with E-state index in [1.807, 2.05) is 36.5 Å². The molecular formula is C37H44N6O4. The van der Waals surface area contributed by atoms with Crippen LogP contribution in [-0.2, 0) is 27.8 Å². The number of rotatable bonds is 12. The highest BCUT2D eigenvalue weighted by molar-refractivity contribution is 5.87. The Kier molecular flexibility index (Phi) is 10.2. The summed E-state index contributed by atoms with van der Waals surface area (Å²) in [4.78, 5) is 41.5. The summed E-state index contributed by atoms with van der Waals surface area (Å²) in [5.41, 5.74) is 4.40. The molecule has 2 fully saturated rings. The first-order valence-electron chi connectivity index (χ1n) is 16.6. The van der Waals surface area contributed by atoms with E-state index in [9.17, 15) is 4.79 Å². The Bertz CT molecular complexity index is 1610. The van der Waals surface area contributed by atoms with Gasteiger partial charge in [-0.3, -0.25) is 14.8 Å². The number of methoxy groups -OCH3 is 1. The van der Waals surface area contributed by atoms with Crippen molar-refractivity contribution in [3.63, 3.8) is 0 Å². The van der Waals surface area contributed by atoms with Gasteiger partial charge < -0.3 is 14.2 Å². The summed E-state index contributed by atoms with van der Waals surface area (Å²) in [6.07, 6.45) is 14.4. The molecule has 0 spiro atoms. The van der Waals surface area contributed by atoms with E-state index in [-0.39, 0.29) is 29.7 Å². The number of carbonyl (C=O) groups excluding carboxylic acids is 1. The highest BCUT2D eigenvalue weighted by Crippen LogP contribution is 2.40. The van der Waals surface area contributed by atoms with Crippen LogP contribution in [-0.4, -0.2) is 62.6 Å². The van der Waals surface area contributed by atoms with E-state index in [0.717, 1.165) is 68.8 Å². The zero-order chi connectivity index (χ0) is 32.8. The van der Waals surface area contributed by atoms with Crippen molar-refractivity contribution in [1.29, 1.82) is 0 Å². The number of ether oxygens (including phenoxy) is 3. The van der Waals surface area contributed by atoms with Crippen LogP contribution in [0.3, 0.4) is 0 Å². The Morgan fingerprint density at radius 3 is 2.23 bits per heavy atom. The second-order valence-electron chi connectivity index (χ2n) is 13.8. The van der Waals surface area contributed by atoms with Crippen LogP contribution >= 0.6 is 0 Å². The van der Waals surface area contributed by atoms with Crippen molar-refractivity contribution in [2.24, 2.45) is 17.8 Å². The molecule has 4 aromatic rings. The Balaban J connectivity index is 1.15. The third-order valence-electron chi connectivity index (χ3n) is 9.32. The molecule has 47 heavy (non-hydrogen) atoms. The average Bonchev–Trinajstić information content (AvgIpc) is 3.07. The van der Waals surface area contributed by atoms with Crippen LogP contribution in [0.4, 0.5) is 0 Å². The first-order valence-corrected chi connectivity index (χ1v) is 16.6.